The van der Waals surface area contributed by atoms with Gasteiger partial charge in [-0.3, -0.25) is 4.68 Å². The van der Waals surface area contributed by atoms with E-state index in [1.165, 1.54) is 18.2 Å². The fourth-order valence-electron chi connectivity index (χ4n) is 1.71. The van der Waals surface area contributed by atoms with E-state index in [1.807, 2.05) is 0 Å². The number of benzene rings is 1. The van der Waals surface area contributed by atoms with Crippen molar-refractivity contribution in [1.82, 2.24) is 9.78 Å². The first kappa shape index (κ1) is 11.6. The molecule has 2 aromatic rings. The van der Waals surface area contributed by atoms with E-state index in [1.54, 1.807) is 30.9 Å². The molecule has 0 aliphatic heterocycles. The number of aromatic nitrogens is 2. The highest BCUT2D eigenvalue weighted by Gasteiger charge is 2.16. The van der Waals surface area contributed by atoms with Crippen molar-refractivity contribution < 1.29 is 8.78 Å². The Morgan fingerprint density at radius 1 is 1.24 bits per heavy atom. The standard InChI is InChI=1S/C12H13F2N3/c1-8(15-11-6-7-17(2)16-11)12-9(13)4-3-5-10(12)14/h3-8H,1-2H3,(H,15,16). The fraction of sp³-hybridized carbons (Fsp3) is 0.250. The molecule has 1 unspecified atom stereocenters. The van der Waals surface area contributed by atoms with Crippen LogP contribution in [0.2, 0.25) is 0 Å². The van der Waals surface area contributed by atoms with Gasteiger partial charge in [0.1, 0.15) is 17.5 Å². The first-order valence-corrected chi connectivity index (χ1v) is 5.28. The molecule has 1 N–H and O–H groups in total. The summed E-state index contributed by atoms with van der Waals surface area (Å²) >= 11 is 0. The van der Waals surface area contributed by atoms with Gasteiger partial charge in [-0.15, -0.1) is 0 Å². The zero-order valence-corrected chi connectivity index (χ0v) is 9.61. The summed E-state index contributed by atoms with van der Waals surface area (Å²) in [4.78, 5) is 0. The molecule has 90 valence electrons. The smallest absolute Gasteiger partial charge is 0.148 e. The summed E-state index contributed by atoms with van der Waals surface area (Å²) in [6, 6.07) is 5.10. The number of nitrogens with zero attached hydrogens (tertiary/aromatic N) is 2. The Morgan fingerprint density at radius 3 is 2.41 bits per heavy atom. The lowest BCUT2D eigenvalue weighted by molar-refractivity contribution is 0.543. The van der Waals surface area contributed by atoms with Crippen LogP contribution in [0, 0.1) is 11.6 Å². The second-order valence-corrected chi connectivity index (χ2v) is 3.88. The van der Waals surface area contributed by atoms with Crippen molar-refractivity contribution in [2.75, 3.05) is 5.32 Å². The number of aryl methyl sites for hydroxylation is 1. The molecule has 0 bridgehead atoms. The predicted molar refractivity (Wildman–Crippen MR) is 61.6 cm³/mol. The summed E-state index contributed by atoms with van der Waals surface area (Å²) in [5.74, 6) is -0.524. The van der Waals surface area contributed by atoms with E-state index < -0.39 is 17.7 Å². The summed E-state index contributed by atoms with van der Waals surface area (Å²) in [5, 5.41) is 7.04. The average Bonchev–Trinajstić information content (AvgIpc) is 2.63. The monoisotopic (exact) mass is 237 g/mol. The normalized spacial score (nSPS) is 12.5. The Labute approximate surface area is 98.1 Å². The Bertz CT molecular complexity index is 502. The van der Waals surface area contributed by atoms with Gasteiger partial charge in [-0.2, -0.15) is 5.10 Å². The summed E-state index contributed by atoms with van der Waals surface area (Å²) in [5.41, 5.74) is 0.0261. The van der Waals surface area contributed by atoms with Gasteiger partial charge in [0, 0.05) is 24.9 Å². The Hall–Kier alpha value is -1.91. The lowest BCUT2D eigenvalue weighted by atomic mass is 10.1. The number of nitrogens with one attached hydrogen (secondary N) is 1. The van der Waals surface area contributed by atoms with Gasteiger partial charge in [-0.05, 0) is 19.1 Å². The second-order valence-electron chi connectivity index (χ2n) is 3.88. The zero-order chi connectivity index (χ0) is 12.4. The largest absolute Gasteiger partial charge is 0.362 e. The zero-order valence-electron chi connectivity index (χ0n) is 9.61. The SMILES string of the molecule is CC(Nc1ccn(C)n1)c1c(F)cccc1F. The summed E-state index contributed by atoms with van der Waals surface area (Å²) < 4.78 is 28.6. The minimum atomic E-state index is -0.555. The van der Waals surface area contributed by atoms with Crippen molar-refractivity contribution in [3.8, 4) is 0 Å². The molecule has 17 heavy (non-hydrogen) atoms. The van der Waals surface area contributed by atoms with E-state index in [-0.39, 0.29) is 5.56 Å². The number of halogens is 2. The molecule has 0 aliphatic rings. The Kier molecular flexibility index (Phi) is 3.08. The van der Waals surface area contributed by atoms with Crippen molar-refractivity contribution in [2.24, 2.45) is 7.05 Å². The van der Waals surface area contributed by atoms with Crippen LogP contribution in [-0.2, 0) is 7.05 Å². The molecule has 2 rings (SSSR count). The maximum Gasteiger partial charge on any atom is 0.148 e. The average molecular weight is 237 g/mol. The molecule has 0 fully saturated rings. The molecule has 1 heterocycles. The lowest BCUT2D eigenvalue weighted by Crippen LogP contribution is -2.11. The minimum Gasteiger partial charge on any atom is -0.362 e. The molecule has 1 atom stereocenters. The van der Waals surface area contributed by atoms with E-state index in [2.05, 4.69) is 10.4 Å². The van der Waals surface area contributed by atoms with Gasteiger partial charge in [0.15, 0.2) is 0 Å². The van der Waals surface area contributed by atoms with Crippen molar-refractivity contribution in [2.45, 2.75) is 13.0 Å². The third kappa shape index (κ3) is 2.43. The number of hydrogen-bond acceptors (Lipinski definition) is 2. The molecule has 0 saturated heterocycles. The van der Waals surface area contributed by atoms with Crippen LogP contribution in [0.1, 0.15) is 18.5 Å². The fourth-order valence-corrected chi connectivity index (χ4v) is 1.71. The highest BCUT2D eigenvalue weighted by Crippen LogP contribution is 2.23. The summed E-state index contributed by atoms with van der Waals surface area (Å²) in [6.45, 7) is 1.69. The minimum absolute atomic E-state index is 0.0261. The lowest BCUT2D eigenvalue weighted by Gasteiger charge is -2.15. The molecule has 0 aliphatic carbocycles. The van der Waals surface area contributed by atoms with Gasteiger partial charge in [0.05, 0.1) is 6.04 Å². The van der Waals surface area contributed by atoms with E-state index >= 15 is 0 Å². The molecule has 3 nitrogen and oxygen atoms in total. The van der Waals surface area contributed by atoms with Gasteiger partial charge in [0.25, 0.3) is 0 Å². The van der Waals surface area contributed by atoms with Crippen LogP contribution in [0.5, 0.6) is 0 Å². The molecule has 1 aromatic carbocycles. The maximum absolute atomic E-state index is 13.5. The van der Waals surface area contributed by atoms with Crippen LogP contribution in [0.3, 0.4) is 0 Å². The van der Waals surface area contributed by atoms with Gasteiger partial charge >= 0.3 is 0 Å². The maximum atomic E-state index is 13.5. The highest BCUT2D eigenvalue weighted by molar-refractivity contribution is 5.37. The van der Waals surface area contributed by atoms with Crippen molar-refractivity contribution >= 4 is 5.82 Å². The third-order valence-corrected chi connectivity index (χ3v) is 2.51. The van der Waals surface area contributed by atoms with Gasteiger partial charge in [0.2, 0.25) is 0 Å². The topological polar surface area (TPSA) is 29.9 Å². The third-order valence-electron chi connectivity index (χ3n) is 2.51. The molecule has 0 saturated carbocycles. The van der Waals surface area contributed by atoms with E-state index in [0.717, 1.165) is 0 Å². The van der Waals surface area contributed by atoms with Crippen LogP contribution in [0.15, 0.2) is 30.5 Å². The molecule has 1 aromatic heterocycles. The summed E-state index contributed by atoms with van der Waals surface area (Å²) in [7, 11) is 1.78. The van der Waals surface area contributed by atoms with Crippen molar-refractivity contribution in [1.29, 1.82) is 0 Å². The van der Waals surface area contributed by atoms with Crippen molar-refractivity contribution in [3.05, 3.63) is 47.7 Å². The van der Waals surface area contributed by atoms with Crippen LogP contribution in [0.4, 0.5) is 14.6 Å². The summed E-state index contributed by atoms with van der Waals surface area (Å²) in [6.07, 6.45) is 1.76. The van der Waals surface area contributed by atoms with Crippen LogP contribution < -0.4 is 5.32 Å². The van der Waals surface area contributed by atoms with Gasteiger partial charge in [-0.25, -0.2) is 8.78 Å². The van der Waals surface area contributed by atoms with Crippen LogP contribution in [0.25, 0.3) is 0 Å². The number of rotatable bonds is 3. The first-order valence-electron chi connectivity index (χ1n) is 5.28. The predicted octanol–water partition coefficient (Wildman–Crippen LogP) is 2.87. The second kappa shape index (κ2) is 4.53. The molecule has 5 heteroatoms. The molecule has 0 radical (unpaired) electrons. The number of anilines is 1. The molecule has 0 amide bonds. The van der Waals surface area contributed by atoms with Gasteiger partial charge < -0.3 is 5.32 Å². The highest BCUT2D eigenvalue weighted by atomic mass is 19.1. The number of hydrogen-bond donors (Lipinski definition) is 1. The molecule has 0 spiro atoms. The van der Waals surface area contributed by atoms with Gasteiger partial charge in [-0.1, -0.05) is 6.07 Å². The Balaban J connectivity index is 2.22. The molecular weight excluding hydrogens is 224 g/mol. The van der Waals surface area contributed by atoms with Crippen LogP contribution in [-0.4, -0.2) is 9.78 Å². The van der Waals surface area contributed by atoms with E-state index in [9.17, 15) is 8.78 Å². The van der Waals surface area contributed by atoms with E-state index in [4.69, 9.17) is 0 Å². The quantitative estimate of drug-likeness (QED) is 0.889. The molecular formula is C12H13F2N3. The Morgan fingerprint density at radius 2 is 1.88 bits per heavy atom. The van der Waals surface area contributed by atoms with Crippen molar-refractivity contribution in [3.63, 3.8) is 0 Å². The van der Waals surface area contributed by atoms with Crippen LogP contribution >= 0.6 is 0 Å². The first-order chi connectivity index (χ1) is 8.08. The van der Waals surface area contributed by atoms with E-state index in [0.29, 0.717) is 5.82 Å².